The number of anilines is 1. The second-order valence-electron chi connectivity index (χ2n) is 6.44. The van der Waals surface area contributed by atoms with Crippen LogP contribution in [0.15, 0.2) is 41.2 Å². The van der Waals surface area contributed by atoms with Gasteiger partial charge < -0.3 is 5.32 Å². The van der Waals surface area contributed by atoms with Gasteiger partial charge >= 0.3 is 0 Å². The van der Waals surface area contributed by atoms with Gasteiger partial charge in [-0.2, -0.15) is 5.10 Å². The normalized spacial score (nSPS) is 18.3. The van der Waals surface area contributed by atoms with Crippen molar-refractivity contribution < 1.29 is 4.79 Å². The zero-order valence-electron chi connectivity index (χ0n) is 13.8. The molecule has 0 aliphatic carbocycles. The zero-order chi connectivity index (χ0) is 16.9. The van der Waals surface area contributed by atoms with Crippen molar-refractivity contribution in [1.29, 1.82) is 0 Å². The number of hydrogen-bond acceptors (Lipinski definition) is 4. The molecule has 2 heterocycles. The summed E-state index contributed by atoms with van der Waals surface area (Å²) in [6.45, 7) is 5.55. The topological polar surface area (TPSA) is 78.1 Å². The molecule has 1 aromatic heterocycles. The van der Waals surface area contributed by atoms with E-state index in [0.29, 0.717) is 5.69 Å². The van der Waals surface area contributed by atoms with Gasteiger partial charge in [-0.05, 0) is 49.1 Å². The molecule has 0 radical (unpaired) electrons. The first kappa shape index (κ1) is 16.4. The first-order valence-corrected chi connectivity index (χ1v) is 8.28. The predicted molar refractivity (Wildman–Crippen MR) is 92.9 cm³/mol. The summed E-state index contributed by atoms with van der Waals surface area (Å²) in [5, 5.41) is 8.75. The van der Waals surface area contributed by atoms with Crippen LogP contribution in [0.2, 0.25) is 0 Å². The van der Waals surface area contributed by atoms with Crippen LogP contribution in [0.25, 0.3) is 0 Å². The lowest BCUT2D eigenvalue weighted by Crippen LogP contribution is -2.33. The van der Waals surface area contributed by atoms with Crippen molar-refractivity contribution in [2.75, 3.05) is 18.4 Å². The molecule has 24 heavy (non-hydrogen) atoms. The van der Waals surface area contributed by atoms with Crippen molar-refractivity contribution in [2.45, 2.75) is 26.3 Å². The van der Waals surface area contributed by atoms with E-state index in [4.69, 9.17) is 0 Å². The number of likely N-dealkylation sites (tertiary alicyclic amines) is 1. The second-order valence-corrected chi connectivity index (χ2v) is 6.44. The molecule has 6 heteroatoms. The Balaban J connectivity index is 1.59. The number of rotatable bonds is 4. The van der Waals surface area contributed by atoms with E-state index in [0.717, 1.165) is 25.6 Å². The van der Waals surface area contributed by atoms with E-state index < -0.39 is 0 Å². The summed E-state index contributed by atoms with van der Waals surface area (Å²) in [4.78, 5) is 25.5. The molecule has 1 aliphatic rings. The van der Waals surface area contributed by atoms with E-state index in [2.05, 4.69) is 27.3 Å². The molecule has 1 aromatic carbocycles. The lowest BCUT2D eigenvalue weighted by molar-refractivity contribution is 0.102. The molecule has 1 saturated heterocycles. The summed E-state index contributed by atoms with van der Waals surface area (Å²) in [6.07, 6.45) is 2.59. The van der Waals surface area contributed by atoms with Crippen molar-refractivity contribution in [2.24, 2.45) is 5.92 Å². The van der Waals surface area contributed by atoms with Gasteiger partial charge in [0.1, 0.15) is 5.69 Å². The van der Waals surface area contributed by atoms with Crippen LogP contribution in [-0.2, 0) is 6.54 Å². The number of piperidine rings is 1. The van der Waals surface area contributed by atoms with Crippen molar-refractivity contribution in [1.82, 2.24) is 15.1 Å². The minimum atomic E-state index is -0.344. The van der Waals surface area contributed by atoms with E-state index in [1.54, 1.807) is 0 Å². The van der Waals surface area contributed by atoms with Crippen LogP contribution in [0.3, 0.4) is 0 Å². The van der Waals surface area contributed by atoms with Gasteiger partial charge in [0.2, 0.25) is 0 Å². The van der Waals surface area contributed by atoms with Crippen LogP contribution >= 0.6 is 0 Å². The van der Waals surface area contributed by atoms with Crippen LogP contribution in [0.4, 0.5) is 5.69 Å². The Labute approximate surface area is 140 Å². The fourth-order valence-electron chi connectivity index (χ4n) is 3.05. The number of carbonyl (C=O) groups excluding carboxylic acids is 1. The Hall–Kier alpha value is -2.47. The largest absolute Gasteiger partial charge is 0.321 e. The Morgan fingerprint density at radius 2 is 2.08 bits per heavy atom. The Bertz CT molecular complexity index is 734. The number of hydrogen-bond donors (Lipinski definition) is 2. The molecular formula is C18H22N4O2. The summed E-state index contributed by atoms with van der Waals surface area (Å²) >= 11 is 0. The van der Waals surface area contributed by atoms with Gasteiger partial charge in [-0.25, -0.2) is 5.10 Å². The molecule has 1 amide bonds. The van der Waals surface area contributed by atoms with Crippen LogP contribution in [0, 0.1) is 5.92 Å². The highest BCUT2D eigenvalue weighted by molar-refractivity contribution is 6.02. The summed E-state index contributed by atoms with van der Waals surface area (Å²) in [6, 6.07) is 10.5. The van der Waals surface area contributed by atoms with E-state index in [1.807, 2.05) is 24.3 Å². The third-order valence-electron chi connectivity index (χ3n) is 4.27. The Morgan fingerprint density at radius 3 is 2.75 bits per heavy atom. The molecule has 1 atom stereocenters. The van der Waals surface area contributed by atoms with E-state index >= 15 is 0 Å². The number of aromatic nitrogens is 2. The molecule has 2 aromatic rings. The quantitative estimate of drug-likeness (QED) is 0.903. The number of aromatic amines is 1. The van der Waals surface area contributed by atoms with Gasteiger partial charge in [0.05, 0.1) is 0 Å². The molecule has 3 rings (SSSR count). The van der Waals surface area contributed by atoms with Crippen molar-refractivity contribution in [3.8, 4) is 0 Å². The predicted octanol–water partition coefficient (Wildman–Crippen LogP) is 2.25. The maximum Gasteiger partial charge on any atom is 0.276 e. The van der Waals surface area contributed by atoms with Crippen molar-refractivity contribution >= 4 is 11.6 Å². The van der Waals surface area contributed by atoms with Crippen LogP contribution in [0.5, 0.6) is 0 Å². The number of benzene rings is 1. The van der Waals surface area contributed by atoms with Gasteiger partial charge in [-0.15, -0.1) is 0 Å². The van der Waals surface area contributed by atoms with E-state index in [-0.39, 0.29) is 17.2 Å². The third kappa shape index (κ3) is 4.29. The summed E-state index contributed by atoms with van der Waals surface area (Å²) in [7, 11) is 0. The number of nitrogens with one attached hydrogen (secondary N) is 2. The Kier molecular flexibility index (Phi) is 5.05. The second kappa shape index (κ2) is 7.40. The zero-order valence-corrected chi connectivity index (χ0v) is 13.8. The summed E-state index contributed by atoms with van der Waals surface area (Å²) < 4.78 is 0. The fraction of sp³-hybridized carbons (Fsp3) is 0.389. The lowest BCUT2D eigenvalue weighted by atomic mass is 10.00. The van der Waals surface area contributed by atoms with Gasteiger partial charge in [-0.3, -0.25) is 14.5 Å². The first-order valence-electron chi connectivity index (χ1n) is 8.28. The van der Waals surface area contributed by atoms with Crippen LogP contribution in [0.1, 0.15) is 35.8 Å². The maximum absolute atomic E-state index is 12.1. The molecular weight excluding hydrogens is 304 g/mol. The highest BCUT2D eigenvalue weighted by Gasteiger charge is 2.16. The summed E-state index contributed by atoms with van der Waals surface area (Å²) in [5.74, 6) is 0.422. The van der Waals surface area contributed by atoms with Gasteiger partial charge in [0, 0.05) is 24.8 Å². The molecule has 2 N–H and O–H groups in total. The fourth-order valence-corrected chi connectivity index (χ4v) is 3.05. The number of carbonyl (C=O) groups is 1. The molecule has 0 spiro atoms. The number of H-pyrrole nitrogens is 1. The molecule has 1 fully saturated rings. The minimum absolute atomic E-state index is 0.181. The molecule has 0 bridgehead atoms. The highest BCUT2D eigenvalue weighted by atomic mass is 16.2. The third-order valence-corrected chi connectivity index (χ3v) is 4.27. The monoisotopic (exact) mass is 326 g/mol. The van der Waals surface area contributed by atoms with Gasteiger partial charge in [0.25, 0.3) is 11.5 Å². The number of nitrogens with zero attached hydrogens (tertiary/aromatic N) is 2. The van der Waals surface area contributed by atoms with Crippen LogP contribution < -0.4 is 10.9 Å². The Morgan fingerprint density at radius 1 is 1.29 bits per heavy atom. The smallest absolute Gasteiger partial charge is 0.276 e. The van der Waals surface area contributed by atoms with Gasteiger partial charge in [0.15, 0.2) is 0 Å². The average Bonchev–Trinajstić information content (AvgIpc) is 2.57. The summed E-state index contributed by atoms with van der Waals surface area (Å²) in [5.41, 5.74) is 1.80. The van der Waals surface area contributed by atoms with E-state index in [1.165, 1.54) is 30.5 Å². The SMILES string of the molecule is CC1CCCN(Cc2ccc(NC(=O)c3ccc(=O)[nH]n3)cc2)C1. The van der Waals surface area contributed by atoms with Crippen molar-refractivity contribution in [3.63, 3.8) is 0 Å². The maximum atomic E-state index is 12.1. The van der Waals surface area contributed by atoms with Crippen molar-refractivity contribution in [3.05, 3.63) is 58.0 Å². The molecule has 1 unspecified atom stereocenters. The molecule has 1 aliphatic heterocycles. The lowest BCUT2D eigenvalue weighted by Gasteiger charge is -2.30. The molecule has 0 saturated carbocycles. The highest BCUT2D eigenvalue weighted by Crippen LogP contribution is 2.19. The van der Waals surface area contributed by atoms with Gasteiger partial charge in [-0.1, -0.05) is 19.1 Å². The molecule has 126 valence electrons. The minimum Gasteiger partial charge on any atom is -0.321 e. The number of amides is 1. The van der Waals surface area contributed by atoms with Crippen LogP contribution in [-0.4, -0.2) is 34.1 Å². The average molecular weight is 326 g/mol. The molecule has 6 nitrogen and oxygen atoms in total. The first-order chi connectivity index (χ1) is 11.6. The van der Waals surface area contributed by atoms with E-state index in [9.17, 15) is 9.59 Å². The standard InChI is InChI=1S/C18H22N4O2/c1-13-3-2-10-22(11-13)12-14-4-6-15(7-5-14)19-18(24)16-8-9-17(23)21-20-16/h4-9,13H,2-3,10-12H2,1H3,(H,19,24)(H,21,23).